The highest BCUT2D eigenvalue weighted by Crippen LogP contribution is 2.23. The number of hydrogen-bond donors (Lipinski definition) is 0. The van der Waals surface area contributed by atoms with Gasteiger partial charge in [-0.3, -0.25) is 4.79 Å². The molecule has 0 aliphatic carbocycles. The molecule has 1 aromatic heterocycles. The average Bonchev–Trinajstić information content (AvgIpc) is 3.33. The molecule has 8 nitrogen and oxygen atoms in total. The number of nitriles is 1. The molecule has 0 bridgehead atoms. The fraction of sp³-hybridized carbons (Fsp3) is 0.318. The Labute approximate surface area is 174 Å². The van der Waals surface area contributed by atoms with E-state index in [0.717, 1.165) is 18.4 Å². The second-order valence-electron chi connectivity index (χ2n) is 7.28. The molecule has 0 N–H and O–H groups in total. The van der Waals surface area contributed by atoms with Crippen molar-refractivity contribution in [1.29, 1.82) is 5.26 Å². The average molecular weight is 402 g/mol. The summed E-state index contributed by atoms with van der Waals surface area (Å²) in [5, 5.41) is 20.4. The van der Waals surface area contributed by atoms with Gasteiger partial charge in [0.1, 0.15) is 24.2 Å². The Morgan fingerprint density at radius 1 is 1.17 bits per heavy atom. The van der Waals surface area contributed by atoms with E-state index in [9.17, 15) is 4.79 Å². The van der Waals surface area contributed by atoms with Crippen LogP contribution in [-0.4, -0.2) is 50.2 Å². The monoisotopic (exact) mass is 402 g/mol. The van der Waals surface area contributed by atoms with Crippen molar-refractivity contribution >= 4 is 5.91 Å². The summed E-state index contributed by atoms with van der Waals surface area (Å²) < 4.78 is 7.56. The number of nitrogens with zero attached hydrogens (tertiary/aromatic N) is 6. The van der Waals surface area contributed by atoms with Crippen LogP contribution in [0.4, 0.5) is 0 Å². The third kappa shape index (κ3) is 4.63. The number of likely N-dealkylation sites (tertiary alicyclic amines) is 1. The number of hydrogen-bond acceptors (Lipinski definition) is 6. The number of rotatable bonds is 6. The number of tetrazole rings is 1. The summed E-state index contributed by atoms with van der Waals surface area (Å²) in [5.74, 6) is 0.700. The van der Waals surface area contributed by atoms with Crippen LogP contribution in [-0.2, 0) is 11.2 Å². The molecule has 1 saturated heterocycles. The molecular formula is C22H22N6O2. The van der Waals surface area contributed by atoms with Crippen LogP contribution in [0.25, 0.3) is 0 Å². The summed E-state index contributed by atoms with van der Waals surface area (Å²) in [6.07, 6.45) is 3.50. The molecule has 2 heterocycles. The molecule has 1 aliphatic heterocycles. The van der Waals surface area contributed by atoms with Crippen LogP contribution in [0, 0.1) is 11.3 Å². The van der Waals surface area contributed by atoms with Crippen molar-refractivity contribution in [3.63, 3.8) is 0 Å². The molecule has 1 atom stereocenters. The van der Waals surface area contributed by atoms with Gasteiger partial charge in [-0.25, -0.2) is 4.68 Å². The van der Waals surface area contributed by atoms with E-state index in [1.807, 2.05) is 47.4 Å². The number of ether oxygens (including phenoxy) is 1. The van der Waals surface area contributed by atoms with Crippen LogP contribution in [0.1, 0.15) is 30.0 Å². The SMILES string of the molecule is N#Cc1cccc(OC2CCN(C(=O)C(Cc3ccccc3)n3cnnn3)CC2)c1. The van der Waals surface area contributed by atoms with Crippen molar-refractivity contribution in [2.24, 2.45) is 0 Å². The number of aromatic nitrogens is 4. The first kappa shape index (κ1) is 19.6. The zero-order valence-corrected chi connectivity index (χ0v) is 16.5. The highest BCUT2D eigenvalue weighted by atomic mass is 16.5. The summed E-state index contributed by atoms with van der Waals surface area (Å²) in [6, 6.07) is 18.7. The van der Waals surface area contributed by atoms with E-state index in [1.165, 1.54) is 11.0 Å². The van der Waals surface area contributed by atoms with Gasteiger partial charge in [0.25, 0.3) is 0 Å². The second kappa shape index (κ2) is 9.18. The van der Waals surface area contributed by atoms with Crippen LogP contribution in [0.5, 0.6) is 5.75 Å². The minimum absolute atomic E-state index is 0.0103. The molecule has 1 amide bonds. The van der Waals surface area contributed by atoms with Gasteiger partial charge in [-0.05, 0) is 34.2 Å². The van der Waals surface area contributed by atoms with Crippen molar-refractivity contribution in [1.82, 2.24) is 25.1 Å². The van der Waals surface area contributed by atoms with E-state index in [2.05, 4.69) is 21.6 Å². The predicted molar refractivity (Wildman–Crippen MR) is 108 cm³/mol. The molecule has 1 fully saturated rings. The maximum Gasteiger partial charge on any atom is 0.247 e. The molecule has 1 aliphatic rings. The molecule has 0 spiro atoms. The van der Waals surface area contributed by atoms with Gasteiger partial charge in [0, 0.05) is 32.4 Å². The van der Waals surface area contributed by atoms with Gasteiger partial charge in [0.15, 0.2) is 0 Å². The summed E-state index contributed by atoms with van der Waals surface area (Å²) in [6.45, 7) is 1.21. The van der Waals surface area contributed by atoms with Crippen molar-refractivity contribution in [2.45, 2.75) is 31.4 Å². The van der Waals surface area contributed by atoms with Crippen LogP contribution in [0.3, 0.4) is 0 Å². The van der Waals surface area contributed by atoms with Crippen molar-refractivity contribution < 1.29 is 9.53 Å². The van der Waals surface area contributed by atoms with Crippen LogP contribution in [0.2, 0.25) is 0 Å². The molecule has 1 unspecified atom stereocenters. The maximum atomic E-state index is 13.3. The standard InChI is InChI=1S/C22H22N6O2/c23-15-18-7-4-8-20(13-18)30-19-9-11-27(12-10-19)22(29)21(28-16-24-25-26-28)14-17-5-2-1-3-6-17/h1-8,13,16,19,21H,9-12,14H2. The molecule has 0 radical (unpaired) electrons. The molecular weight excluding hydrogens is 380 g/mol. The van der Waals surface area contributed by atoms with Gasteiger partial charge >= 0.3 is 0 Å². The van der Waals surface area contributed by atoms with Gasteiger partial charge in [-0.2, -0.15) is 5.26 Å². The lowest BCUT2D eigenvalue weighted by Gasteiger charge is -2.34. The first-order valence-electron chi connectivity index (χ1n) is 9.95. The van der Waals surface area contributed by atoms with E-state index in [1.54, 1.807) is 12.1 Å². The minimum atomic E-state index is -0.479. The minimum Gasteiger partial charge on any atom is -0.490 e. The Kier molecular flexibility index (Phi) is 5.99. The Morgan fingerprint density at radius 3 is 2.67 bits per heavy atom. The molecule has 3 aromatic rings. The van der Waals surface area contributed by atoms with Gasteiger partial charge in [0.2, 0.25) is 5.91 Å². The fourth-order valence-electron chi connectivity index (χ4n) is 3.68. The Bertz CT molecular complexity index is 1010. The van der Waals surface area contributed by atoms with Gasteiger partial charge in [-0.15, -0.1) is 5.10 Å². The zero-order chi connectivity index (χ0) is 20.8. The Morgan fingerprint density at radius 2 is 1.97 bits per heavy atom. The van der Waals surface area contributed by atoms with Crippen molar-refractivity contribution in [3.8, 4) is 11.8 Å². The lowest BCUT2D eigenvalue weighted by Crippen LogP contribution is -2.45. The summed E-state index contributed by atoms with van der Waals surface area (Å²) >= 11 is 0. The fourth-order valence-corrected chi connectivity index (χ4v) is 3.68. The number of benzene rings is 2. The highest BCUT2D eigenvalue weighted by molar-refractivity contribution is 5.80. The van der Waals surface area contributed by atoms with Gasteiger partial charge in [-0.1, -0.05) is 36.4 Å². The normalized spacial score (nSPS) is 15.4. The molecule has 2 aromatic carbocycles. The Hall–Kier alpha value is -3.73. The molecule has 4 rings (SSSR count). The van der Waals surface area contributed by atoms with Crippen LogP contribution in [0.15, 0.2) is 60.9 Å². The molecule has 152 valence electrons. The maximum absolute atomic E-state index is 13.3. The number of carbonyl (C=O) groups is 1. The predicted octanol–water partition coefficient (Wildman–Crippen LogP) is 2.40. The van der Waals surface area contributed by atoms with E-state index in [0.29, 0.717) is 30.8 Å². The van der Waals surface area contributed by atoms with E-state index < -0.39 is 6.04 Å². The topological polar surface area (TPSA) is 96.9 Å². The summed E-state index contributed by atoms with van der Waals surface area (Å²) in [5.41, 5.74) is 1.63. The quantitative estimate of drug-likeness (QED) is 0.628. The largest absolute Gasteiger partial charge is 0.490 e. The van der Waals surface area contributed by atoms with Gasteiger partial charge in [0.05, 0.1) is 11.6 Å². The van der Waals surface area contributed by atoms with E-state index >= 15 is 0 Å². The lowest BCUT2D eigenvalue weighted by atomic mass is 10.0. The van der Waals surface area contributed by atoms with E-state index in [-0.39, 0.29) is 12.0 Å². The van der Waals surface area contributed by atoms with E-state index in [4.69, 9.17) is 10.00 Å². The van der Waals surface area contributed by atoms with Gasteiger partial charge < -0.3 is 9.64 Å². The van der Waals surface area contributed by atoms with Crippen molar-refractivity contribution in [2.75, 3.05) is 13.1 Å². The molecule has 30 heavy (non-hydrogen) atoms. The highest BCUT2D eigenvalue weighted by Gasteiger charge is 2.31. The molecule has 8 heteroatoms. The lowest BCUT2D eigenvalue weighted by molar-refractivity contribution is -0.137. The number of amides is 1. The summed E-state index contributed by atoms with van der Waals surface area (Å²) in [7, 11) is 0. The first-order valence-corrected chi connectivity index (χ1v) is 9.95. The second-order valence-corrected chi connectivity index (χ2v) is 7.28. The first-order chi connectivity index (χ1) is 14.7. The Balaban J connectivity index is 1.39. The zero-order valence-electron chi connectivity index (χ0n) is 16.5. The third-order valence-electron chi connectivity index (χ3n) is 5.26. The smallest absolute Gasteiger partial charge is 0.247 e. The molecule has 0 saturated carbocycles. The third-order valence-corrected chi connectivity index (χ3v) is 5.26. The van der Waals surface area contributed by atoms with Crippen molar-refractivity contribution in [3.05, 3.63) is 72.1 Å². The number of carbonyl (C=O) groups excluding carboxylic acids is 1. The summed E-state index contributed by atoms with van der Waals surface area (Å²) in [4.78, 5) is 15.1. The van der Waals surface area contributed by atoms with Crippen LogP contribution >= 0.6 is 0 Å². The number of piperidine rings is 1. The van der Waals surface area contributed by atoms with Crippen LogP contribution < -0.4 is 4.74 Å².